The maximum Gasteiger partial charge on any atom is 0.416 e. The van der Waals surface area contributed by atoms with E-state index >= 15 is 0 Å². The summed E-state index contributed by atoms with van der Waals surface area (Å²) < 4.78 is 64.4. The molecule has 0 saturated heterocycles. The highest BCUT2D eigenvalue weighted by molar-refractivity contribution is 7.99. The third-order valence-corrected chi connectivity index (χ3v) is 4.06. The van der Waals surface area contributed by atoms with Gasteiger partial charge in [-0.1, -0.05) is 23.4 Å². The Hall–Kier alpha value is -1.47. The van der Waals surface area contributed by atoms with Crippen LogP contribution in [-0.4, -0.2) is 0 Å². The van der Waals surface area contributed by atoms with Crippen molar-refractivity contribution in [2.45, 2.75) is 16.0 Å². The average Bonchev–Trinajstić information content (AvgIpc) is 2.36. The van der Waals surface area contributed by atoms with Gasteiger partial charge in [-0.3, -0.25) is 0 Å². The van der Waals surface area contributed by atoms with E-state index in [1.807, 2.05) is 0 Å². The number of anilines is 1. The van der Waals surface area contributed by atoms with E-state index in [1.54, 1.807) is 0 Å². The van der Waals surface area contributed by atoms with Crippen LogP contribution in [0.25, 0.3) is 0 Å². The van der Waals surface area contributed by atoms with Gasteiger partial charge in [0.25, 0.3) is 0 Å². The molecule has 1 nitrogen and oxygen atoms in total. The van der Waals surface area contributed by atoms with Gasteiger partial charge < -0.3 is 5.73 Å². The Labute approximate surface area is 125 Å². The van der Waals surface area contributed by atoms with Gasteiger partial charge in [-0.05, 0) is 24.3 Å². The van der Waals surface area contributed by atoms with E-state index in [0.717, 1.165) is 30.3 Å². The molecule has 0 atom stereocenters. The summed E-state index contributed by atoms with van der Waals surface area (Å²) in [6, 6.07) is 4.32. The third kappa shape index (κ3) is 3.59. The molecule has 0 radical (unpaired) electrons. The molecule has 0 aromatic heterocycles. The van der Waals surface area contributed by atoms with E-state index in [2.05, 4.69) is 0 Å². The van der Waals surface area contributed by atoms with E-state index in [9.17, 15) is 22.0 Å². The Morgan fingerprint density at radius 3 is 2.19 bits per heavy atom. The number of hydrogen-bond donors (Lipinski definition) is 1. The second-order valence-electron chi connectivity index (χ2n) is 4.05. The Bertz CT molecular complexity index is 687. The van der Waals surface area contributed by atoms with Crippen LogP contribution in [0.1, 0.15) is 5.56 Å². The molecule has 0 aliphatic heterocycles. The van der Waals surface area contributed by atoms with Crippen molar-refractivity contribution in [3.8, 4) is 0 Å². The summed E-state index contributed by atoms with van der Waals surface area (Å²) in [5.74, 6) is -1.60. The summed E-state index contributed by atoms with van der Waals surface area (Å²) in [5, 5.41) is -0.202. The number of nitrogen functional groups attached to an aromatic ring is 1. The lowest BCUT2D eigenvalue weighted by molar-refractivity contribution is -0.137. The fraction of sp³-hybridized carbons (Fsp3) is 0.0769. The smallest absolute Gasteiger partial charge is 0.396 e. The lowest BCUT2D eigenvalue weighted by Gasteiger charge is -2.10. The van der Waals surface area contributed by atoms with E-state index in [-0.39, 0.29) is 20.5 Å². The molecule has 0 aliphatic carbocycles. The van der Waals surface area contributed by atoms with Gasteiger partial charge in [0.1, 0.15) is 11.6 Å². The van der Waals surface area contributed by atoms with Crippen LogP contribution in [-0.2, 0) is 6.18 Å². The van der Waals surface area contributed by atoms with Crippen molar-refractivity contribution in [3.63, 3.8) is 0 Å². The van der Waals surface area contributed by atoms with Gasteiger partial charge in [0, 0.05) is 11.0 Å². The largest absolute Gasteiger partial charge is 0.416 e. The lowest BCUT2D eigenvalue weighted by Crippen LogP contribution is -2.04. The van der Waals surface area contributed by atoms with Crippen molar-refractivity contribution in [1.29, 1.82) is 0 Å². The van der Waals surface area contributed by atoms with E-state index in [1.165, 1.54) is 0 Å². The summed E-state index contributed by atoms with van der Waals surface area (Å²) in [7, 11) is 0. The molecule has 2 rings (SSSR count). The minimum Gasteiger partial charge on any atom is -0.396 e. The Morgan fingerprint density at radius 1 is 0.952 bits per heavy atom. The molecule has 0 fully saturated rings. The van der Waals surface area contributed by atoms with Crippen LogP contribution in [0.4, 0.5) is 27.6 Å². The molecule has 0 amide bonds. The van der Waals surface area contributed by atoms with E-state index in [0.29, 0.717) is 11.8 Å². The summed E-state index contributed by atoms with van der Waals surface area (Å²) in [4.78, 5) is 0.0519. The molecular formula is C13H7ClF5NS. The van der Waals surface area contributed by atoms with E-state index in [4.69, 9.17) is 17.3 Å². The topological polar surface area (TPSA) is 26.0 Å². The molecule has 0 bridgehead atoms. The minimum absolute atomic E-state index is 0.122. The zero-order chi connectivity index (χ0) is 15.8. The normalized spacial score (nSPS) is 11.7. The molecule has 0 saturated carbocycles. The van der Waals surface area contributed by atoms with Crippen molar-refractivity contribution < 1.29 is 22.0 Å². The Kier molecular flexibility index (Phi) is 4.34. The first-order chi connectivity index (χ1) is 9.68. The first-order valence-electron chi connectivity index (χ1n) is 5.47. The molecule has 2 aromatic rings. The zero-order valence-corrected chi connectivity index (χ0v) is 11.7. The number of halogens is 6. The lowest BCUT2D eigenvalue weighted by atomic mass is 10.2. The first kappa shape index (κ1) is 15.9. The van der Waals surface area contributed by atoms with Crippen LogP contribution in [0.5, 0.6) is 0 Å². The Morgan fingerprint density at radius 2 is 1.62 bits per heavy atom. The van der Waals surface area contributed by atoms with Gasteiger partial charge in [0.05, 0.1) is 21.2 Å². The monoisotopic (exact) mass is 339 g/mol. The number of nitrogens with two attached hydrogens (primary N) is 1. The van der Waals surface area contributed by atoms with Crippen molar-refractivity contribution in [2.24, 2.45) is 0 Å². The van der Waals surface area contributed by atoms with E-state index < -0.39 is 23.4 Å². The van der Waals surface area contributed by atoms with Crippen LogP contribution >= 0.6 is 23.4 Å². The van der Waals surface area contributed by atoms with Gasteiger partial charge in [-0.25, -0.2) is 8.78 Å². The Balaban J connectivity index is 2.35. The SMILES string of the molecule is Nc1cc(F)c(Sc2ccc(C(F)(F)F)cc2Cl)cc1F. The zero-order valence-electron chi connectivity index (χ0n) is 10.1. The molecule has 0 aliphatic rings. The maximum atomic E-state index is 13.6. The predicted molar refractivity (Wildman–Crippen MR) is 71.3 cm³/mol. The molecule has 8 heteroatoms. The quantitative estimate of drug-likeness (QED) is 0.588. The highest BCUT2D eigenvalue weighted by atomic mass is 35.5. The highest BCUT2D eigenvalue weighted by Gasteiger charge is 2.31. The third-order valence-electron chi connectivity index (χ3n) is 2.53. The number of benzene rings is 2. The molecular weight excluding hydrogens is 333 g/mol. The van der Waals surface area contributed by atoms with Crippen LogP contribution in [0.2, 0.25) is 5.02 Å². The highest BCUT2D eigenvalue weighted by Crippen LogP contribution is 2.39. The minimum atomic E-state index is -4.52. The molecule has 0 heterocycles. The van der Waals surface area contributed by atoms with Crippen LogP contribution in [0.3, 0.4) is 0 Å². The molecule has 2 aromatic carbocycles. The average molecular weight is 340 g/mol. The number of rotatable bonds is 2. The molecule has 21 heavy (non-hydrogen) atoms. The van der Waals surface area contributed by atoms with Crippen molar-refractivity contribution in [3.05, 3.63) is 52.6 Å². The first-order valence-corrected chi connectivity index (χ1v) is 6.67. The summed E-state index contributed by atoms with van der Waals surface area (Å²) in [6.07, 6.45) is -4.52. The van der Waals surface area contributed by atoms with Crippen LogP contribution in [0, 0.1) is 11.6 Å². The summed E-state index contributed by atoms with van der Waals surface area (Å²) in [5.41, 5.74) is 3.94. The van der Waals surface area contributed by atoms with Gasteiger partial charge in [0.15, 0.2) is 0 Å². The van der Waals surface area contributed by atoms with Gasteiger partial charge in [0.2, 0.25) is 0 Å². The second-order valence-corrected chi connectivity index (χ2v) is 5.54. The van der Waals surface area contributed by atoms with Gasteiger partial charge in [-0.2, -0.15) is 13.2 Å². The second kappa shape index (κ2) is 5.73. The van der Waals surface area contributed by atoms with Gasteiger partial charge >= 0.3 is 6.18 Å². The number of alkyl halides is 3. The molecule has 2 N–H and O–H groups in total. The fourth-order valence-corrected chi connectivity index (χ4v) is 2.65. The summed E-state index contributed by atoms with van der Waals surface area (Å²) in [6.45, 7) is 0. The maximum absolute atomic E-state index is 13.6. The van der Waals surface area contributed by atoms with Crippen LogP contribution < -0.4 is 5.73 Å². The molecule has 0 unspecified atom stereocenters. The van der Waals surface area contributed by atoms with Crippen molar-refractivity contribution >= 4 is 29.1 Å². The predicted octanol–water partition coefficient (Wildman–Crippen LogP) is 5.37. The van der Waals surface area contributed by atoms with Crippen molar-refractivity contribution in [2.75, 3.05) is 5.73 Å². The van der Waals surface area contributed by atoms with Crippen LogP contribution in [0.15, 0.2) is 40.1 Å². The molecule has 112 valence electrons. The summed E-state index contributed by atoms with van der Waals surface area (Å²) >= 11 is 6.46. The molecule has 0 spiro atoms. The fourth-order valence-electron chi connectivity index (χ4n) is 1.50. The van der Waals surface area contributed by atoms with Gasteiger partial charge in [-0.15, -0.1) is 0 Å². The van der Waals surface area contributed by atoms with Crippen molar-refractivity contribution in [1.82, 2.24) is 0 Å². The standard InChI is InChI=1S/C13H7ClF5NS/c14-7-3-6(13(17,18)19)1-2-11(7)21-12-5-8(15)10(20)4-9(12)16/h1-5H,20H2. The number of hydrogen-bond acceptors (Lipinski definition) is 2.